The number of carbonyl (C=O) groups is 1. The van der Waals surface area contributed by atoms with Crippen LogP contribution in [-0.2, 0) is 11.3 Å². The fourth-order valence-electron chi connectivity index (χ4n) is 5.32. The summed E-state index contributed by atoms with van der Waals surface area (Å²) in [4.78, 5) is 15.1. The first-order chi connectivity index (χ1) is 16.3. The predicted octanol–water partition coefficient (Wildman–Crippen LogP) is 7.58. The quantitative estimate of drug-likeness (QED) is 0.363. The Labute approximate surface area is 207 Å². The highest BCUT2D eigenvalue weighted by molar-refractivity contribution is 6.31. The normalized spacial score (nSPS) is 20.1. The molecule has 2 aliphatic rings. The van der Waals surface area contributed by atoms with Gasteiger partial charge in [-0.15, -0.1) is 0 Å². The zero-order valence-corrected chi connectivity index (χ0v) is 20.1. The third kappa shape index (κ3) is 4.25. The second-order valence-corrected chi connectivity index (χ2v) is 9.96. The molecule has 2 unspecified atom stereocenters. The molecule has 1 heterocycles. The number of halogens is 4. The van der Waals surface area contributed by atoms with E-state index in [0.717, 1.165) is 51.4 Å². The average Bonchev–Trinajstić information content (AvgIpc) is 3.12. The molecular formula is C28H23Cl2F2NO. The van der Waals surface area contributed by atoms with E-state index in [0.29, 0.717) is 23.6 Å². The van der Waals surface area contributed by atoms with E-state index in [2.05, 4.69) is 12.1 Å². The largest absolute Gasteiger partial charge is 0.331 e. The molecular weight excluding hydrogens is 475 g/mol. The molecule has 2 nitrogen and oxygen atoms in total. The van der Waals surface area contributed by atoms with E-state index in [1.165, 1.54) is 6.07 Å². The Balaban J connectivity index is 1.52. The van der Waals surface area contributed by atoms with Crippen LogP contribution in [0.25, 0.3) is 0 Å². The summed E-state index contributed by atoms with van der Waals surface area (Å²) in [5.74, 6) is -1.75. The van der Waals surface area contributed by atoms with Gasteiger partial charge in [0.1, 0.15) is 0 Å². The lowest BCUT2D eigenvalue weighted by atomic mass is 9.69. The number of hydrogen-bond acceptors (Lipinski definition) is 1. The molecule has 6 heteroatoms. The van der Waals surface area contributed by atoms with Gasteiger partial charge in [-0.2, -0.15) is 0 Å². The molecule has 3 aromatic carbocycles. The van der Waals surface area contributed by atoms with Crippen molar-refractivity contribution in [3.05, 3.63) is 116 Å². The SMILES string of the molecule is Cc1ccc(C2CCC3=C(CN(Cc4ccc(F)c(F)c4)C3=O)C2c2ccc(Cl)cc2)c(Cl)c1. The molecule has 0 fully saturated rings. The first kappa shape index (κ1) is 23.1. The highest BCUT2D eigenvalue weighted by Gasteiger charge is 2.42. The zero-order chi connectivity index (χ0) is 24.0. The molecule has 3 aromatic rings. The molecule has 0 N–H and O–H groups in total. The van der Waals surface area contributed by atoms with Crippen molar-refractivity contribution in [2.45, 2.75) is 38.1 Å². The van der Waals surface area contributed by atoms with Gasteiger partial charge in [0.15, 0.2) is 11.6 Å². The maximum absolute atomic E-state index is 13.8. The summed E-state index contributed by atoms with van der Waals surface area (Å²) in [5, 5.41) is 1.39. The van der Waals surface area contributed by atoms with Crippen molar-refractivity contribution in [2.75, 3.05) is 6.54 Å². The van der Waals surface area contributed by atoms with Crippen LogP contribution in [0.4, 0.5) is 8.78 Å². The fourth-order valence-corrected chi connectivity index (χ4v) is 5.82. The molecule has 0 spiro atoms. The molecule has 1 aliphatic heterocycles. The molecule has 34 heavy (non-hydrogen) atoms. The van der Waals surface area contributed by atoms with Crippen molar-refractivity contribution in [3.63, 3.8) is 0 Å². The maximum Gasteiger partial charge on any atom is 0.250 e. The van der Waals surface area contributed by atoms with Gasteiger partial charge in [-0.3, -0.25) is 4.79 Å². The fraction of sp³-hybridized carbons (Fsp3) is 0.250. The summed E-state index contributed by atoms with van der Waals surface area (Å²) < 4.78 is 27.1. The van der Waals surface area contributed by atoms with Crippen LogP contribution in [0.3, 0.4) is 0 Å². The predicted molar refractivity (Wildman–Crippen MR) is 131 cm³/mol. The lowest BCUT2D eigenvalue weighted by molar-refractivity contribution is -0.126. The second kappa shape index (κ2) is 9.16. The summed E-state index contributed by atoms with van der Waals surface area (Å²) in [6.45, 7) is 2.69. The Morgan fingerprint density at radius 1 is 0.971 bits per heavy atom. The summed E-state index contributed by atoms with van der Waals surface area (Å²) in [5.41, 5.74) is 5.71. The van der Waals surface area contributed by atoms with Gasteiger partial charge >= 0.3 is 0 Å². The monoisotopic (exact) mass is 497 g/mol. The average molecular weight is 498 g/mol. The summed E-state index contributed by atoms with van der Waals surface area (Å²) >= 11 is 12.9. The van der Waals surface area contributed by atoms with Crippen LogP contribution < -0.4 is 0 Å². The van der Waals surface area contributed by atoms with Crippen molar-refractivity contribution < 1.29 is 13.6 Å². The molecule has 1 amide bonds. The van der Waals surface area contributed by atoms with E-state index < -0.39 is 11.6 Å². The standard InChI is InChI=1S/C28H23Cl2F2NO/c1-16-2-8-20(24(30)12-16)21-9-10-22-23(27(21)18-4-6-19(29)7-5-18)15-33(28(22)34)14-17-3-11-25(31)26(32)13-17/h2-8,11-13,21,27H,9-10,14-15H2,1H3. The van der Waals surface area contributed by atoms with Gasteiger partial charge in [0.05, 0.1) is 0 Å². The molecule has 174 valence electrons. The molecule has 5 rings (SSSR count). The van der Waals surface area contributed by atoms with Crippen LogP contribution in [0.5, 0.6) is 0 Å². The Morgan fingerprint density at radius 2 is 1.74 bits per heavy atom. The van der Waals surface area contributed by atoms with E-state index >= 15 is 0 Å². The lowest BCUT2D eigenvalue weighted by Gasteiger charge is -2.34. The number of nitrogens with zero attached hydrogens (tertiary/aromatic N) is 1. The first-order valence-electron chi connectivity index (χ1n) is 11.3. The van der Waals surface area contributed by atoms with Gasteiger partial charge in [0.2, 0.25) is 5.91 Å². The van der Waals surface area contributed by atoms with E-state index in [9.17, 15) is 13.6 Å². The minimum Gasteiger partial charge on any atom is -0.331 e. The minimum absolute atomic E-state index is 0.0277. The van der Waals surface area contributed by atoms with Gasteiger partial charge in [-0.25, -0.2) is 8.78 Å². The molecule has 2 atom stereocenters. The molecule has 0 radical (unpaired) electrons. The van der Waals surface area contributed by atoms with Crippen LogP contribution in [0.2, 0.25) is 10.0 Å². The van der Waals surface area contributed by atoms with Gasteiger partial charge in [0.25, 0.3) is 0 Å². The molecule has 0 aromatic heterocycles. The number of aryl methyl sites for hydroxylation is 1. The van der Waals surface area contributed by atoms with Crippen molar-refractivity contribution in [2.24, 2.45) is 0 Å². The van der Waals surface area contributed by atoms with Crippen molar-refractivity contribution in [3.8, 4) is 0 Å². The molecule has 0 saturated heterocycles. The van der Waals surface area contributed by atoms with Crippen molar-refractivity contribution in [1.29, 1.82) is 0 Å². The van der Waals surface area contributed by atoms with Gasteiger partial charge in [0, 0.05) is 34.6 Å². The number of benzene rings is 3. The van der Waals surface area contributed by atoms with Gasteiger partial charge in [-0.05, 0) is 83.8 Å². The van der Waals surface area contributed by atoms with Crippen molar-refractivity contribution >= 4 is 29.1 Å². The van der Waals surface area contributed by atoms with E-state index in [1.807, 2.05) is 37.3 Å². The van der Waals surface area contributed by atoms with E-state index in [-0.39, 0.29) is 24.3 Å². The Kier molecular flexibility index (Phi) is 6.22. The van der Waals surface area contributed by atoms with E-state index in [4.69, 9.17) is 23.2 Å². The first-order valence-corrected chi connectivity index (χ1v) is 12.0. The van der Waals surface area contributed by atoms with Crippen LogP contribution >= 0.6 is 23.2 Å². The molecule has 1 aliphatic carbocycles. The molecule has 0 saturated carbocycles. The number of amides is 1. The Morgan fingerprint density at radius 3 is 2.44 bits per heavy atom. The van der Waals surface area contributed by atoms with Gasteiger partial charge in [-0.1, -0.05) is 53.5 Å². The zero-order valence-electron chi connectivity index (χ0n) is 18.6. The highest BCUT2D eigenvalue weighted by atomic mass is 35.5. The van der Waals surface area contributed by atoms with Gasteiger partial charge < -0.3 is 4.90 Å². The lowest BCUT2D eigenvalue weighted by Crippen LogP contribution is -2.27. The Bertz CT molecular complexity index is 1300. The van der Waals surface area contributed by atoms with Crippen LogP contribution in [-0.4, -0.2) is 17.4 Å². The minimum atomic E-state index is -0.907. The number of carbonyl (C=O) groups excluding carboxylic acids is 1. The molecule has 0 bridgehead atoms. The summed E-state index contributed by atoms with van der Waals surface area (Å²) in [6.07, 6.45) is 1.45. The number of rotatable bonds is 4. The van der Waals surface area contributed by atoms with Crippen molar-refractivity contribution in [1.82, 2.24) is 4.90 Å². The maximum atomic E-state index is 13.8. The summed E-state index contributed by atoms with van der Waals surface area (Å²) in [7, 11) is 0. The highest BCUT2D eigenvalue weighted by Crippen LogP contribution is 2.51. The van der Waals surface area contributed by atoms with E-state index in [1.54, 1.807) is 4.90 Å². The second-order valence-electron chi connectivity index (χ2n) is 9.11. The Hall–Kier alpha value is -2.69. The smallest absolute Gasteiger partial charge is 0.250 e. The van der Waals surface area contributed by atoms with Crippen LogP contribution in [0.1, 0.15) is 46.9 Å². The van der Waals surface area contributed by atoms with Crippen LogP contribution in [0.15, 0.2) is 71.8 Å². The number of hydrogen-bond donors (Lipinski definition) is 0. The third-order valence-electron chi connectivity index (χ3n) is 6.92. The topological polar surface area (TPSA) is 20.3 Å². The third-order valence-corrected chi connectivity index (χ3v) is 7.50. The van der Waals surface area contributed by atoms with Crippen LogP contribution in [0, 0.1) is 18.6 Å². The summed E-state index contributed by atoms with van der Waals surface area (Å²) in [6, 6.07) is 17.7.